The Kier molecular flexibility index (Phi) is 5.02. The highest BCUT2D eigenvalue weighted by Crippen LogP contribution is 2.28. The number of rotatable bonds is 7. The summed E-state index contributed by atoms with van der Waals surface area (Å²) in [6.45, 7) is 6.55. The Morgan fingerprint density at radius 2 is 2.17 bits per heavy atom. The molecule has 1 N–H and O–H groups in total. The zero-order valence-electron chi connectivity index (χ0n) is 11.5. The Bertz CT molecular complexity index is 342. The van der Waals surface area contributed by atoms with Crippen molar-refractivity contribution in [1.82, 2.24) is 10.2 Å². The predicted molar refractivity (Wildman–Crippen MR) is 75.2 cm³/mol. The van der Waals surface area contributed by atoms with Crippen molar-refractivity contribution in [1.29, 1.82) is 0 Å². The average molecular weight is 248 g/mol. The minimum Gasteiger partial charge on any atom is -0.488 e. The van der Waals surface area contributed by atoms with E-state index in [9.17, 15) is 0 Å². The Balaban J connectivity index is 1.86. The Morgan fingerprint density at radius 1 is 1.33 bits per heavy atom. The molecule has 3 nitrogen and oxygen atoms in total. The van der Waals surface area contributed by atoms with Gasteiger partial charge in [0.1, 0.15) is 11.9 Å². The van der Waals surface area contributed by atoms with Gasteiger partial charge in [-0.15, -0.1) is 0 Å². The van der Waals surface area contributed by atoms with E-state index in [1.807, 2.05) is 13.1 Å². The molecular weight excluding hydrogens is 224 g/mol. The second kappa shape index (κ2) is 6.76. The monoisotopic (exact) mass is 248 g/mol. The third kappa shape index (κ3) is 3.47. The van der Waals surface area contributed by atoms with Crippen molar-refractivity contribution in [2.45, 2.75) is 25.9 Å². The van der Waals surface area contributed by atoms with E-state index in [4.69, 9.17) is 4.74 Å². The van der Waals surface area contributed by atoms with E-state index in [2.05, 4.69) is 35.3 Å². The van der Waals surface area contributed by atoms with E-state index in [0.717, 1.165) is 38.3 Å². The van der Waals surface area contributed by atoms with Crippen molar-refractivity contribution in [3.63, 3.8) is 0 Å². The normalized spacial score (nSPS) is 17.8. The van der Waals surface area contributed by atoms with E-state index >= 15 is 0 Å². The van der Waals surface area contributed by atoms with Crippen molar-refractivity contribution < 1.29 is 4.74 Å². The van der Waals surface area contributed by atoms with Gasteiger partial charge < -0.3 is 10.1 Å². The van der Waals surface area contributed by atoms with Crippen molar-refractivity contribution in [3.8, 4) is 5.75 Å². The summed E-state index contributed by atoms with van der Waals surface area (Å²) >= 11 is 0. The van der Waals surface area contributed by atoms with E-state index in [-0.39, 0.29) is 0 Å². The number of hydrogen-bond acceptors (Lipinski definition) is 3. The summed E-state index contributed by atoms with van der Waals surface area (Å²) in [7, 11) is 2.01. The molecule has 0 fully saturated rings. The maximum absolute atomic E-state index is 6.00. The Morgan fingerprint density at radius 3 is 2.89 bits per heavy atom. The summed E-state index contributed by atoms with van der Waals surface area (Å²) in [4.78, 5) is 2.49. The molecular formula is C15H24N2O. The van der Waals surface area contributed by atoms with Gasteiger partial charge in [0.15, 0.2) is 0 Å². The first kappa shape index (κ1) is 13.4. The number of nitrogens with zero attached hydrogens (tertiary/aromatic N) is 1. The van der Waals surface area contributed by atoms with Gasteiger partial charge in [-0.05, 0) is 31.6 Å². The van der Waals surface area contributed by atoms with Crippen molar-refractivity contribution in [2.75, 3.05) is 33.2 Å². The van der Waals surface area contributed by atoms with Gasteiger partial charge in [0, 0.05) is 26.1 Å². The van der Waals surface area contributed by atoms with Crippen LogP contribution in [0.25, 0.3) is 0 Å². The number of likely N-dealkylation sites (N-methyl/N-ethyl adjacent to an activating group) is 1. The second-order valence-electron chi connectivity index (χ2n) is 4.96. The first-order valence-electron chi connectivity index (χ1n) is 6.95. The maximum atomic E-state index is 6.00. The molecule has 0 spiro atoms. The average Bonchev–Trinajstić information content (AvgIpc) is 2.78. The zero-order valence-corrected chi connectivity index (χ0v) is 11.5. The van der Waals surface area contributed by atoms with Crippen LogP contribution in [-0.2, 0) is 6.42 Å². The number of hydrogen-bond donors (Lipinski definition) is 1. The lowest BCUT2D eigenvalue weighted by Crippen LogP contribution is -2.38. The van der Waals surface area contributed by atoms with Crippen LogP contribution in [-0.4, -0.2) is 44.2 Å². The van der Waals surface area contributed by atoms with Gasteiger partial charge in [-0.3, -0.25) is 4.90 Å². The van der Waals surface area contributed by atoms with Crippen molar-refractivity contribution >= 4 is 0 Å². The number of nitrogens with one attached hydrogen (secondary N) is 1. The molecule has 100 valence electrons. The van der Waals surface area contributed by atoms with Crippen molar-refractivity contribution in [2.24, 2.45) is 0 Å². The third-order valence-corrected chi connectivity index (χ3v) is 3.39. The van der Waals surface area contributed by atoms with Crippen molar-refractivity contribution in [3.05, 3.63) is 29.8 Å². The van der Waals surface area contributed by atoms with Gasteiger partial charge in [0.2, 0.25) is 0 Å². The Hall–Kier alpha value is -1.06. The molecule has 0 aromatic heterocycles. The molecule has 0 bridgehead atoms. The topological polar surface area (TPSA) is 24.5 Å². The van der Waals surface area contributed by atoms with Crippen LogP contribution in [0.2, 0.25) is 0 Å². The summed E-state index contributed by atoms with van der Waals surface area (Å²) in [5.74, 6) is 1.08. The highest BCUT2D eigenvalue weighted by Gasteiger charge is 2.23. The molecule has 1 aromatic carbocycles. The summed E-state index contributed by atoms with van der Waals surface area (Å²) in [6, 6.07) is 8.39. The van der Waals surface area contributed by atoms with E-state index in [1.165, 1.54) is 12.0 Å². The molecule has 0 amide bonds. The smallest absolute Gasteiger partial charge is 0.123 e. The summed E-state index contributed by atoms with van der Waals surface area (Å²) < 4.78 is 6.00. The Labute approximate surface area is 110 Å². The molecule has 2 rings (SSSR count). The highest BCUT2D eigenvalue weighted by atomic mass is 16.5. The van der Waals surface area contributed by atoms with Gasteiger partial charge in [-0.1, -0.05) is 25.1 Å². The number of para-hydroxylation sites is 1. The molecule has 1 aromatic rings. The van der Waals surface area contributed by atoms with E-state index in [0.29, 0.717) is 6.10 Å². The van der Waals surface area contributed by atoms with Crippen LogP contribution in [0.3, 0.4) is 0 Å². The second-order valence-corrected chi connectivity index (χ2v) is 4.96. The third-order valence-electron chi connectivity index (χ3n) is 3.39. The quantitative estimate of drug-likeness (QED) is 0.798. The van der Waals surface area contributed by atoms with E-state index < -0.39 is 0 Å². The first-order valence-corrected chi connectivity index (χ1v) is 6.95. The summed E-state index contributed by atoms with van der Waals surface area (Å²) in [5, 5.41) is 3.22. The lowest BCUT2D eigenvalue weighted by atomic mass is 10.1. The minimum atomic E-state index is 0.325. The number of fused-ring (bicyclic) bond motifs is 1. The van der Waals surface area contributed by atoms with Gasteiger partial charge in [0.05, 0.1) is 0 Å². The predicted octanol–water partition coefficient (Wildman–Crippen LogP) is 1.92. The lowest BCUT2D eigenvalue weighted by molar-refractivity contribution is 0.151. The molecule has 0 radical (unpaired) electrons. The molecule has 0 saturated heterocycles. The van der Waals surface area contributed by atoms with Crippen LogP contribution in [0, 0.1) is 0 Å². The van der Waals surface area contributed by atoms with Crippen LogP contribution >= 0.6 is 0 Å². The van der Waals surface area contributed by atoms with E-state index in [1.54, 1.807) is 0 Å². The van der Waals surface area contributed by atoms with Crippen LogP contribution < -0.4 is 10.1 Å². The zero-order chi connectivity index (χ0) is 12.8. The molecule has 0 saturated carbocycles. The fourth-order valence-electron chi connectivity index (χ4n) is 2.52. The first-order chi connectivity index (χ1) is 8.83. The minimum absolute atomic E-state index is 0.325. The summed E-state index contributed by atoms with van der Waals surface area (Å²) in [6.07, 6.45) is 2.57. The van der Waals surface area contributed by atoms with Crippen LogP contribution in [0.5, 0.6) is 5.75 Å². The van der Waals surface area contributed by atoms with Gasteiger partial charge in [0.25, 0.3) is 0 Å². The van der Waals surface area contributed by atoms with Crippen LogP contribution in [0.1, 0.15) is 18.9 Å². The number of benzene rings is 1. The van der Waals surface area contributed by atoms with Crippen LogP contribution in [0.4, 0.5) is 0 Å². The standard InChI is InChI=1S/C15H24N2O/c1-3-9-17(10-8-16-2)12-14-11-13-6-4-5-7-15(13)18-14/h4-7,14,16H,3,8-12H2,1-2H3. The fraction of sp³-hybridized carbons (Fsp3) is 0.600. The molecule has 18 heavy (non-hydrogen) atoms. The SMILES string of the molecule is CCCN(CCNC)CC1Cc2ccccc2O1. The van der Waals surface area contributed by atoms with Crippen LogP contribution in [0.15, 0.2) is 24.3 Å². The molecule has 1 heterocycles. The fourth-order valence-corrected chi connectivity index (χ4v) is 2.52. The largest absolute Gasteiger partial charge is 0.488 e. The van der Waals surface area contributed by atoms with Gasteiger partial charge in [-0.2, -0.15) is 0 Å². The molecule has 1 atom stereocenters. The highest BCUT2D eigenvalue weighted by molar-refractivity contribution is 5.37. The molecule has 3 heteroatoms. The molecule has 1 aliphatic heterocycles. The number of ether oxygens (including phenoxy) is 1. The molecule has 1 aliphatic rings. The maximum Gasteiger partial charge on any atom is 0.123 e. The van der Waals surface area contributed by atoms with Gasteiger partial charge >= 0.3 is 0 Å². The molecule has 0 aliphatic carbocycles. The lowest BCUT2D eigenvalue weighted by Gasteiger charge is -2.24. The molecule has 1 unspecified atom stereocenters. The summed E-state index contributed by atoms with van der Waals surface area (Å²) in [5.41, 5.74) is 1.35. The van der Waals surface area contributed by atoms with Gasteiger partial charge in [-0.25, -0.2) is 0 Å².